The van der Waals surface area contributed by atoms with Gasteiger partial charge in [0.15, 0.2) is 0 Å². The van der Waals surface area contributed by atoms with E-state index in [0.717, 1.165) is 21.5 Å². The summed E-state index contributed by atoms with van der Waals surface area (Å²) in [6.07, 6.45) is 1.74. The van der Waals surface area contributed by atoms with Crippen molar-refractivity contribution in [1.82, 2.24) is 4.98 Å². The molecule has 0 amide bonds. The van der Waals surface area contributed by atoms with Crippen molar-refractivity contribution in [3.8, 4) is 17.4 Å². The van der Waals surface area contributed by atoms with Crippen LogP contribution >= 0.6 is 11.3 Å². The molecule has 2 aromatic carbocycles. The Labute approximate surface area is 143 Å². The minimum absolute atomic E-state index is 0.505. The van der Waals surface area contributed by atoms with Crippen LogP contribution < -0.4 is 0 Å². The number of nitrogens with zero attached hydrogens (tertiary/aromatic N) is 2. The van der Waals surface area contributed by atoms with Gasteiger partial charge in [0, 0.05) is 11.6 Å². The number of nitriles is 1. The largest absolute Gasteiger partial charge is 0.457 e. The van der Waals surface area contributed by atoms with Crippen LogP contribution in [0.3, 0.4) is 0 Å². The van der Waals surface area contributed by atoms with Gasteiger partial charge >= 0.3 is 0 Å². The summed E-state index contributed by atoms with van der Waals surface area (Å²) < 4.78 is 6.91. The van der Waals surface area contributed by atoms with E-state index in [0.29, 0.717) is 16.3 Å². The fourth-order valence-electron chi connectivity index (χ4n) is 2.46. The predicted molar refractivity (Wildman–Crippen MR) is 97.2 cm³/mol. The zero-order valence-electron chi connectivity index (χ0n) is 12.6. The lowest BCUT2D eigenvalue weighted by molar-refractivity contribution is 0.572. The highest BCUT2D eigenvalue weighted by atomic mass is 32.1. The number of furan rings is 1. The lowest BCUT2D eigenvalue weighted by Crippen LogP contribution is -1.79. The van der Waals surface area contributed by atoms with Crippen LogP contribution in [0.2, 0.25) is 0 Å². The van der Waals surface area contributed by atoms with Crippen molar-refractivity contribution in [1.29, 1.82) is 5.26 Å². The zero-order valence-corrected chi connectivity index (χ0v) is 13.5. The second-order valence-electron chi connectivity index (χ2n) is 5.22. The maximum absolute atomic E-state index is 9.50. The lowest BCUT2D eigenvalue weighted by atomic mass is 10.2. The summed E-state index contributed by atoms with van der Waals surface area (Å²) in [4.78, 5) is 4.53. The number of rotatable bonds is 3. The van der Waals surface area contributed by atoms with Crippen molar-refractivity contribution in [3.05, 3.63) is 77.5 Å². The molecular weight excluding hydrogens is 316 g/mol. The van der Waals surface area contributed by atoms with Crippen LogP contribution in [-0.2, 0) is 0 Å². The Bertz CT molecular complexity index is 1030. The second-order valence-corrected chi connectivity index (χ2v) is 6.26. The first kappa shape index (κ1) is 14.4. The Kier molecular flexibility index (Phi) is 3.70. The summed E-state index contributed by atoms with van der Waals surface area (Å²) in [6.45, 7) is 0. The van der Waals surface area contributed by atoms with Crippen LogP contribution in [-0.4, -0.2) is 4.98 Å². The molecule has 0 unspecified atom stereocenters. The minimum Gasteiger partial charge on any atom is -0.457 e. The summed E-state index contributed by atoms with van der Waals surface area (Å²) in [7, 11) is 0. The first-order valence-electron chi connectivity index (χ1n) is 7.46. The van der Waals surface area contributed by atoms with Crippen LogP contribution in [0.4, 0.5) is 0 Å². The van der Waals surface area contributed by atoms with Crippen LogP contribution in [0, 0.1) is 11.3 Å². The van der Waals surface area contributed by atoms with Crippen LogP contribution in [0.5, 0.6) is 0 Å². The fourth-order valence-corrected chi connectivity index (χ4v) is 3.39. The van der Waals surface area contributed by atoms with Crippen LogP contribution in [0.1, 0.15) is 10.8 Å². The molecule has 0 aliphatic rings. The first-order chi connectivity index (χ1) is 11.8. The summed E-state index contributed by atoms with van der Waals surface area (Å²) in [6, 6.07) is 23.8. The van der Waals surface area contributed by atoms with Gasteiger partial charge in [-0.15, -0.1) is 11.3 Å². The quantitative estimate of drug-likeness (QED) is 0.459. The molecule has 2 heterocycles. The number of hydrogen-bond acceptors (Lipinski definition) is 4. The molecule has 0 saturated heterocycles. The first-order valence-corrected chi connectivity index (χ1v) is 8.28. The molecule has 0 aliphatic carbocycles. The maximum Gasteiger partial charge on any atom is 0.135 e. The molecule has 3 nitrogen and oxygen atoms in total. The highest BCUT2D eigenvalue weighted by molar-refractivity contribution is 7.19. The summed E-state index contributed by atoms with van der Waals surface area (Å²) in [5, 5.41) is 10.2. The molecule has 4 aromatic rings. The lowest BCUT2D eigenvalue weighted by Gasteiger charge is -1.95. The molecule has 0 atom stereocenters. The van der Waals surface area contributed by atoms with Gasteiger partial charge in [0.05, 0.1) is 15.8 Å². The third-order valence-electron chi connectivity index (χ3n) is 3.62. The Morgan fingerprint density at radius 1 is 1.00 bits per heavy atom. The zero-order chi connectivity index (χ0) is 16.4. The minimum atomic E-state index is 0.505. The Hall–Kier alpha value is -3.16. The van der Waals surface area contributed by atoms with Gasteiger partial charge in [-0.05, 0) is 24.3 Å². The van der Waals surface area contributed by atoms with E-state index in [1.54, 1.807) is 6.08 Å². The van der Waals surface area contributed by atoms with E-state index < -0.39 is 0 Å². The molecule has 0 aliphatic heterocycles. The van der Waals surface area contributed by atoms with E-state index in [1.807, 2.05) is 66.7 Å². The molecule has 2 aromatic heterocycles. The van der Waals surface area contributed by atoms with E-state index >= 15 is 0 Å². The fraction of sp³-hybridized carbons (Fsp3) is 0. The topological polar surface area (TPSA) is 49.8 Å². The molecule has 0 radical (unpaired) electrons. The second kappa shape index (κ2) is 6.15. The molecule has 0 spiro atoms. The van der Waals surface area contributed by atoms with Gasteiger partial charge in [-0.2, -0.15) is 5.26 Å². The number of hydrogen-bond donors (Lipinski definition) is 0. The average Bonchev–Trinajstić information content (AvgIpc) is 3.27. The molecule has 0 saturated carbocycles. The van der Waals surface area contributed by atoms with Gasteiger partial charge < -0.3 is 4.42 Å². The standard InChI is InChI=1S/C20H12N2OS/c21-13-15(20-22-17-8-4-5-9-19(17)24-20)12-16-10-11-18(23-16)14-6-2-1-3-7-14/h1-12H. The van der Waals surface area contributed by atoms with E-state index in [1.165, 1.54) is 11.3 Å². The molecule has 24 heavy (non-hydrogen) atoms. The number of benzene rings is 2. The van der Waals surface area contributed by atoms with E-state index in [9.17, 15) is 5.26 Å². The SMILES string of the molecule is N#CC(=Cc1ccc(-c2ccccc2)o1)c1nc2ccccc2s1. The van der Waals surface area contributed by atoms with E-state index in [4.69, 9.17) is 4.42 Å². The smallest absolute Gasteiger partial charge is 0.135 e. The number of para-hydroxylation sites is 1. The highest BCUT2D eigenvalue weighted by Crippen LogP contribution is 2.29. The Morgan fingerprint density at radius 2 is 1.79 bits per heavy atom. The molecule has 4 rings (SSSR count). The van der Waals surface area contributed by atoms with Gasteiger partial charge in [0.2, 0.25) is 0 Å². The van der Waals surface area contributed by atoms with Gasteiger partial charge in [-0.3, -0.25) is 0 Å². The molecule has 114 valence electrons. The van der Waals surface area contributed by atoms with Crippen molar-refractivity contribution in [3.63, 3.8) is 0 Å². The Morgan fingerprint density at radius 3 is 2.58 bits per heavy atom. The highest BCUT2D eigenvalue weighted by Gasteiger charge is 2.10. The van der Waals surface area contributed by atoms with Crippen molar-refractivity contribution in [2.45, 2.75) is 0 Å². The van der Waals surface area contributed by atoms with E-state index in [2.05, 4.69) is 11.1 Å². The monoisotopic (exact) mass is 328 g/mol. The predicted octanol–water partition coefficient (Wildman–Crippen LogP) is 5.62. The normalized spacial score (nSPS) is 11.5. The van der Waals surface area contributed by atoms with Gasteiger partial charge in [-0.1, -0.05) is 42.5 Å². The summed E-state index contributed by atoms with van der Waals surface area (Å²) >= 11 is 1.51. The van der Waals surface area contributed by atoms with E-state index in [-0.39, 0.29) is 0 Å². The van der Waals surface area contributed by atoms with Crippen molar-refractivity contribution >= 4 is 33.2 Å². The van der Waals surface area contributed by atoms with Gasteiger partial charge in [-0.25, -0.2) is 4.98 Å². The van der Waals surface area contributed by atoms with Crippen molar-refractivity contribution in [2.24, 2.45) is 0 Å². The van der Waals surface area contributed by atoms with Crippen molar-refractivity contribution < 1.29 is 4.42 Å². The molecule has 0 fully saturated rings. The molecular formula is C20H12N2OS. The number of thiazole rings is 1. The summed E-state index contributed by atoms with van der Waals surface area (Å²) in [5.41, 5.74) is 2.42. The van der Waals surface area contributed by atoms with Crippen LogP contribution in [0.25, 0.3) is 33.2 Å². The third-order valence-corrected chi connectivity index (χ3v) is 4.69. The summed E-state index contributed by atoms with van der Waals surface area (Å²) in [5.74, 6) is 1.42. The maximum atomic E-state index is 9.50. The van der Waals surface area contributed by atoms with Crippen molar-refractivity contribution in [2.75, 3.05) is 0 Å². The number of allylic oxidation sites excluding steroid dienone is 1. The van der Waals surface area contributed by atoms with Crippen LogP contribution in [0.15, 0.2) is 71.1 Å². The van der Waals surface area contributed by atoms with Gasteiger partial charge in [0.25, 0.3) is 0 Å². The molecule has 0 N–H and O–H groups in total. The average molecular weight is 328 g/mol. The molecule has 4 heteroatoms. The number of fused-ring (bicyclic) bond motifs is 1. The third kappa shape index (κ3) is 2.73. The Balaban J connectivity index is 1.71. The van der Waals surface area contributed by atoms with Gasteiger partial charge in [0.1, 0.15) is 22.6 Å². The molecule has 0 bridgehead atoms. The number of aromatic nitrogens is 1.